The van der Waals surface area contributed by atoms with E-state index in [4.69, 9.17) is 0 Å². The zero-order chi connectivity index (χ0) is 6.53. The molecule has 1 rings (SSSR count). The van der Waals surface area contributed by atoms with Gasteiger partial charge in [-0.2, -0.15) is 0 Å². The second kappa shape index (κ2) is 3.67. The van der Waals surface area contributed by atoms with E-state index in [1.54, 1.807) is 0 Å². The van der Waals surface area contributed by atoms with Crippen molar-refractivity contribution in [3.05, 3.63) is 12.2 Å². The highest BCUT2D eigenvalue weighted by Gasteiger charge is 2.11. The molecule has 0 bridgehead atoms. The van der Waals surface area contributed by atoms with Crippen LogP contribution in [0.5, 0.6) is 0 Å². The van der Waals surface area contributed by atoms with Crippen LogP contribution in [-0.2, 0) is 0 Å². The van der Waals surface area contributed by atoms with Gasteiger partial charge in [-0.05, 0) is 38.8 Å². The van der Waals surface area contributed by atoms with E-state index in [1.807, 2.05) is 0 Å². The standard InChI is InChI=1S/C8H15N/c1-2-3-4-8-5-6-9-7-8/h2-3,8-9H,4-7H2,1H3/b3-2+. The van der Waals surface area contributed by atoms with Crippen molar-refractivity contribution >= 4 is 0 Å². The Hall–Kier alpha value is -0.300. The van der Waals surface area contributed by atoms with E-state index in [2.05, 4.69) is 24.4 Å². The molecule has 1 nitrogen and oxygen atoms in total. The normalized spacial score (nSPS) is 27.9. The van der Waals surface area contributed by atoms with Crippen LogP contribution in [0.15, 0.2) is 12.2 Å². The minimum atomic E-state index is 0.918. The largest absolute Gasteiger partial charge is 0.316 e. The third-order valence-corrected chi connectivity index (χ3v) is 1.87. The third-order valence-electron chi connectivity index (χ3n) is 1.87. The minimum absolute atomic E-state index is 0.918. The van der Waals surface area contributed by atoms with Crippen molar-refractivity contribution in [3.8, 4) is 0 Å². The van der Waals surface area contributed by atoms with Crippen molar-refractivity contribution in [1.82, 2.24) is 5.32 Å². The van der Waals surface area contributed by atoms with E-state index in [0.29, 0.717) is 0 Å². The molecule has 1 heterocycles. The fourth-order valence-electron chi connectivity index (χ4n) is 1.24. The topological polar surface area (TPSA) is 12.0 Å². The molecule has 0 amide bonds. The molecule has 0 aromatic heterocycles. The Bertz CT molecular complexity index is 90.7. The first-order chi connectivity index (χ1) is 4.43. The van der Waals surface area contributed by atoms with Crippen LogP contribution in [-0.4, -0.2) is 13.1 Å². The predicted molar refractivity (Wildman–Crippen MR) is 40.4 cm³/mol. The Morgan fingerprint density at radius 1 is 1.67 bits per heavy atom. The summed E-state index contributed by atoms with van der Waals surface area (Å²) in [6.45, 7) is 4.54. The van der Waals surface area contributed by atoms with Crippen molar-refractivity contribution < 1.29 is 0 Å². The lowest BCUT2D eigenvalue weighted by molar-refractivity contribution is 0.593. The average Bonchev–Trinajstić information content (AvgIpc) is 2.34. The lowest BCUT2D eigenvalue weighted by atomic mass is 10.1. The summed E-state index contributed by atoms with van der Waals surface area (Å²) in [5.41, 5.74) is 0. The number of hydrogen-bond donors (Lipinski definition) is 1. The van der Waals surface area contributed by atoms with Crippen molar-refractivity contribution in [2.24, 2.45) is 5.92 Å². The summed E-state index contributed by atoms with van der Waals surface area (Å²) in [5.74, 6) is 0.918. The number of rotatable bonds is 2. The molecule has 1 aliphatic rings. The summed E-state index contributed by atoms with van der Waals surface area (Å²) < 4.78 is 0. The van der Waals surface area contributed by atoms with Crippen molar-refractivity contribution in [3.63, 3.8) is 0 Å². The summed E-state index contributed by atoms with van der Waals surface area (Å²) in [6.07, 6.45) is 7.03. The minimum Gasteiger partial charge on any atom is -0.316 e. The maximum atomic E-state index is 3.35. The lowest BCUT2D eigenvalue weighted by Crippen LogP contribution is -2.08. The van der Waals surface area contributed by atoms with Gasteiger partial charge in [0, 0.05) is 0 Å². The van der Waals surface area contributed by atoms with Gasteiger partial charge in [-0.3, -0.25) is 0 Å². The van der Waals surface area contributed by atoms with E-state index in [1.165, 1.54) is 25.9 Å². The molecule has 0 radical (unpaired) electrons. The molecule has 1 atom stereocenters. The van der Waals surface area contributed by atoms with Gasteiger partial charge >= 0.3 is 0 Å². The highest BCUT2D eigenvalue weighted by atomic mass is 14.9. The van der Waals surface area contributed by atoms with Gasteiger partial charge in [0.05, 0.1) is 0 Å². The van der Waals surface area contributed by atoms with Crippen molar-refractivity contribution in [2.45, 2.75) is 19.8 Å². The molecule has 1 heteroatoms. The molecular weight excluding hydrogens is 110 g/mol. The van der Waals surface area contributed by atoms with Crippen LogP contribution in [0, 0.1) is 5.92 Å². The maximum absolute atomic E-state index is 3.35. The van der Waals surface area contributed by atoms with E-state index in [0.717, 1.165) is 5.92 Å². The molecule has 1 saturated heterocycles. The van der Waals surface area contributed by atoms with E-state index in [9.17, 15) is 0 Å². The van der Waals surface area contributed by atoms with Crippen LogP contribution in [0.2, 0.25) is 0 Å². The number of hydrogen-bond acceptors (Lipinski definition) is 1. The molecule has 1 aliphatic heterocycles. The Kier molecular flexibility index (Phi) is 2.78. The lowest BCUT2D eigenvalue weighted by Gasteiger charge is -2.00. The Morgan fingerprint density at radius 2 is 2.56 bits per heavy atom. The fourth-order valence-corrected chi connectivity index (χ4v) is 1.24. The van der Waals surface area contributed by atoms with E-state index >= 15 is 0 Å². The molecule has 0 saturated carbocycles. The zero-order valence-corrected chi connectivity index (χ0v) is 6.06. The highest BCUT2D eigenvalue weighted by Crippen LogP contribution is 2.11. The Balaban J connectivity index is 2.11. The summed E-state index contributed by atoms with van der Waals surface area (Å²) in [7, 11) is 0. The first-order valence-corrected chi connectivity index (χ1v) is 3.75. The predicted octanol–water partition coefficient (Wildman–Crippen LogP) is 1.56. The second-order valence-electron chi connectivity index (χ2n) is 2.66. The number of nitrogens with one attached hydrogen (secondary N) is 1. The van der Waals surface area contributed by atoms with Gasteiger partial charge in [-0.15, -0.1) is 0 Å². The summed E-state index contributed by atoms with van der Waals surface area (Å²) >= 11 is 0. The molecule has 0 spiro atoms. The van der Waals surface area contributed by atoms with E-state index in [-0.39, 0.29) is 0 Å². The van der Waals surface area contributed by atoms with Gasteiger partial charge < -0.3 is 5.32 Å². The van der Waals surface area contributed by atoms with Crippen LogP contribution in [0.3, 0.4) is 0 Å². The molecule has 9 heavy (non-hydrogen) atoms. The van der Waals surface area contributed by atoms with Gasteiger partial charge in [0.2, 0.25) is 0 Å². The third kappa shape index (κ3) is 2.19. The van der Waals surface area contributed by atoms with Gasteiger partial charge in [0.15, 0.2) is 0 Å². The van der Waals surface area contributed by atoms with Crippen LogP contribution >= 0.6 is 0 Å². The van der Waals surface area contributed by atoms with Gasteiger partial charge in [-0.1, -0.05) is 12.2 Å². The first kappa shape index (κ1) is 6.81. The van der Waals surface area contributed by atoms with Crippen LogP contribution < -0.4 is 5.32 Å². The zero-order valence-electron chi connectivity index (χ0n) is 6.06. The second-order valence-corrected chi connectivity index (χ2v) is 2.66. The van der Waals surface area contributed by atoms with Crippen molar-refractivity contribution in [1.29, 1.82) is 0 Å². The quantitative estimate of drug-likeness (QED) is 0.552. The first-order valence-electron chi connectivity index (χ1n) is 3.75. The Labute approximate surface area is 57.1 Å². The SMILES string of the molecule is C/C=C/CC1CCNC1. The maximum Gasteiger partial charge on any atom is -0.00171 e. The van der Waals surface area contributed by atoms with Gasteiger partial charge in [0.1, 0.15) is 0 Å². The summed E-state index contributed by atoms with van der Waals surface area (Å²) in [6, 6.07) is 0. The number of allylic oxidation sites excluding steroid dienone is 2. The smallest absolute Gasteiger partial charge is 0.00171 e. The summed E-state index contributed by atoms with van der Waals surface area (Å²) in [4.78, 5) is 0. The molecule has 52 valence electrons. The molecular formula is C8H15N. The highest BCUT2D eigenvalue weighted by molar-refractivity contribution is 4.83. The van der Waals surface area contributed by atoms with Crippen LogP contribution in [0.4, 0.5) is 0 Å². The van der Waals surface area contributed by atoms with Crippen LogP contribution in [0.25, 0.3) is 0 Å². The Morgan fingerprint density at radius 3 is 3.11 bits per heavy atom. The van der Waals surface area contributed by atoms with E-state index < -0.39 is 0 Å². The van der Waals surface area contributed by atoms with Crippen LogP contribution in [0.1, 0.15) is 19.8 Å². The molecule has 1 N–H and O–H groups in total. The molecule has 1 fully saturated rings. The van der Waals surface area contributed by atoms with Gasteiger partial charge in [-0.25, -0.2) is 0 Å². The molecule has 1 unspecified atom stereocenters. The van der Waals surface area contributed by atoms with Crippen molar-refractivity contribution in [2.75, 3.05) is 13.1 Å². The fraction of sp³-hybridized carbons (Fsp3) is 0.750. The molecule has 0 aliphatic carbocycles. The summed E-state index contributed by atoms with van der Waals surface area (Å²) in [5, 5.41) is 3.35. The van der Waals surface area contributed by atoms with Gasteiger partial charge in [0.25, 0.3) is 0 Å². The monoisotopic (exact) mass is 125 g/mol. The average molecular weight is 125 g/mol. The molecule has 0 aromatic carbocycles. The molecule has 0 aromatic rings.